The molecule has 2 atom stereocenters. The van der Waals surface area contributed by atoms with Crippen LogP contribution in [0.3, 0.4) is 0 Å². The van der Waals surface area contributed by atoms with Crippen LogP contribution in [0.15, 0.2) is 48.8 Å². The molecule has 2 N–H and O–H groups in total. The van der Waals surface area contributed by atoms with Gasteiger partial charge in [0.05, 0.1) is 47.5 Å². The Kier molecular flexibility index (Phi) is 7.02. The van der Waals surface area contributed by atoms with E-state index < -0.39 is 5.97 Å². The van der Waals surface area contributed by atoms with Gasteiger partial charge in [-0.25, -0.2) is 19.6 Å². The summed E-state index contributed by atoms with van der Waals surface area (Å²) < 4.78 is 7.70. The van der Waals surface area contributed by atoms with Crippen LogP contribution in [0.5, 0.6) is 5.75 Å². The molecule has 4 aromatic heterocycles. The summed E-state index contributed by atoms with van der Waals surface area (Å²) in [5.74, 6) is 0.426. The second-order valence-electron chi connectivity index (χ2n) is 9.15. The van der Waals surface area contributed by atoms with Crippen LogP contribution in [0, 0.1) is 18.8 Å². The summed E-state index contributed by atoms with van der Waals surface area (Å²) in [5.41, 5.74) is 4.41. The average Bonchev–Trinajstić information content (AvgIpc) is 3.54. The molecule has 1 aliphatic carbocycles. The van der Waals surface area contributed by atoms with Crippen molar-refractivity contribution >= 4 is 11.9 Å². The number of ether oxygens (including phenoxy) is 1. The van der Waals surface area contributed by atoms with Gasteiger partial charge in [0.1, 0.15) is 11.4 Å². The Hall–Kier alpha value is -4.41. The molecule has 1 fully saturated rings. The molecule has 1 saturated carbocycles. The minimum Gasteiger partial charge on any atom is -0.491 e. The minimum atomic E-state index is -0.716. The van der Waals surface area contributed by atoms with Crippen LogP contribution in [0.2, 0.25) is 0 Å². The number of carboxylic acids is 1. The normalized spacial score (nSPS) is 17.0. The molecule has 190 valence electrons. The number of pyridine rings is 2. The highest BCUT2D eigenvalue weighted by atomic mass is 16.5. The summed E-state index contributed by atoms with van der Waals surface area (Å²) in [6.45, 7) is 2.78. The standard InChI is InChI=1S/C26H28N8O3/c1-16-23(37-15-17-6-7-18(13-17)25(35)36)9-8-21(30-16)24-22(34(2)33-32-24)14-29-26-28-12-10-20(31-26)19-5-3-4-11-27-19/h3-5,8-12,17-18H,6-7,13-15H2,1-2H3,(H,35,36)(H,28,29,31). The zero-order valence-electron chi connectivity index (χ0n) is 20.7. The van der Waals surface area contributed by atoms with E-state index in [4.69, 9.17) is 9.72 Å². The molecule has 1 aliphatic rings. The van der Waals surface area contributed by atoms with Gasteiger partial charge in [0.15, 0.2) is 0 Å². The summed E-state index contributed by atoms with van der Waals surface area (Å²) in [5, 5.41) is 21.0. The van der Waals surface area contributed by atoms with Gasteiger partial charge in [0.2, 0.25) is 5.95 Å². The molecule has 4 aromatic rings. The molecular formula is C26H28N8O3. The van der Waals surface area contributed by atoms with E-state index in [0.29, 0.717) is 49.1 Å². The fourth-order valence-electron chi connectivity index (χ4n) is 4.53. The molecule has 4 heterocycles. The van der Waals surface area contributed by atoms with E-state index in [1.165, 1.54) is 0 Å². The molecular weight excluding hydrogens is 472 g/mol. The largest absolute Gasteiger partial charge is 0.491 e. The smallest absolute Gasteiger partial charge is 0.306 e. The summed E-state index contributed by atoms with van der Waals surface area (Å²) in [6.07, 6.45) is 5.66. The Labute approximate surface area is 214 Å². The Balaban J connectivity index is 1.26. The summed E-state index contributed by atoms with van der Waals surface area (Å²) in [4.78, 5) is 29.2. The molecule has 0 aromatic carbocycles. The van der Waals surface area contributed by atoms with Gasteiger partial charge in [-0.05, 0) is 62.4 Å². The highest BCUT2D eigenvalue weighted by Crippen LogP contribution is 2.32. The third kappa shape index (κ3) is 5.55. The lowest BCUT2D eigenvalue weighted by Crippen LogP contribution is -2.13. The van der Waals surface area contributed by atoms with Crippen LogP contribution < -0.4 is 10.1 Å². The summed E-state index contributed by atoms with van der Waals surface area (Å²) in [7, 11) is 1.83. The third-order valence-electron chi connectivity index (χ3n) is 6.58. The molecule has 11 heteroatoms. The first kappa shape index (κ1) is 24.3. The van der Waals surface area contributed by atoms with Gasteiger partial charge in [-0.2, -0.15) is 0 Å². The van der Waals surface area contributed by atoms with Crippen LogP contribution in [-0.4, -0.2) is 52.6 Å². The number of rotatable bonds is 9. The first-order chi connectivity index (χ1) is 18.0. The zero-order chi connectivity index (χ0) is 25.8. The maximum Gasteiger partial charge on any atom is 0.306 e. The maximum absolute atomic E-state index is 11.2. The van der Waals surface area contributed by atoms with Crippen molar-refractivity contribution in [1.29, 1.82) is 0 Å². The van der Waals surface area contributed by atoms with Gasteiger partial charge in [-0.1, -0.05) is 11.3 Å². The molecule has 0 bridgehead atoms. The van der Waals surface area contributed by atoms with Gasteiger partial charge in [-0.15, -0.1) is 5.10 Å². The van der Waals surface area contributed by atoms with Crippen LogP contribution >= 0.6 is 0 Å². The number of aryl methyl sites for hydroxylation is 2. The number of hydrogen-bond donors (Lipinski definition) is 2. The molecule has 0 aliphatic heterocycles. The number of aliphatic carboxylic acids is 1. The van der Waals surface area contributed by atoms with Crippen LogP contribution in [0.25, 0.3) is 22.8 Å². The fraction of sp³-hybridized carbons (Fsp3) is 0.346. The third-order valence-corrected chi connectivity index (χ3v) is 6.58. The van der Waals surface area contributed by atoms with Crippen molar-refractivity contribution < 1.29 is 14.6 Å². The lowest BCUT2D eigenvalue weighted by atomic mass is 10.1. The lowest BCUT2D eigenvalue weighted by Gasteiger charge is -2.14. The first-order valence-corrected chi connectivity index (χ1v) is 12.2. The number of anilines is 1. The monoisotopic (exact) mass is 500 g/mol. The van der Waals surface area contributed by atoms with Gasteiger partial charge >= 0.3 is 5.97 Å². The number of nitrogens with zero attached hydrogens (tertiary/aromatic N) is 7. The highest BCUT2D eigenvalue weighted by molar-refractivity contribution is 5.70. The van der Waals surface area contributed by atoms with E-state index in [-0.39, 0.29) is 11.8 Å². The molecule has 0 spiro atoms. The number of carboxylic acid groups (broad SMARTS) is 1. The van der Waals surface area contributed by atoms with Crippen molar-refractivity contribution in [2.24, 2.45) is 18.9 Å². The topological polar surface area (TPSA) is 141 Å². The lowest BCUT2D eigenvalue weighted by molar-refractivity contribution is -0.141. The first-order valence-electron chi connectivity index (χ1n) is 12.2. The van der Waals surface area contributed by atoms with E-state index in [2.05, 4.69) is 30.6 Å². The van der Waals surface area contributed by atoms with Gasteiger partial charge in [0.25, 0.3) is 0 Å². The van der Waals surface area contributed by atoms with Crippen molar-refractivity contribution in [3.63, 3.8) is 0 Å². The van der Waals surface area contributed by atoms with Crippen LogP contribution in [-0.2, 0) is 18.4 Å². The van der Waals surface area contributed by atoms with Crippen molar-refractivity contribution in [1.82, 2.24) is 34.9 Å². The quantitative estimate of drug-likeness (QED) is 0.350. The van der Waals surface area contributed by atoms with E-state index >= 15 is 0 Å². The molecule has 0 amide bonds. The molecule has 37 heavy (non-hydrogen) atoms. The zero-order valence-corrected chi connectivity index (χ0v) is 20.7. The number of aromatic nitrogens is 7. The second kappa shape index (κ2) is 10.7. The average molecular weight is 501 g/mol. The number of carbonyl (C=O) groups is 1. The van der Waals surface area contributed by atoms with Crippen molar-refractivity contribution in [3.05, 3.63) is 60.2 Å². The molecule has 11 nitrogen and oxygen atoms in total. The Morgan fingerprint density at radius 1 is 1.08 bits per heavy atom. The van der Waals surface area contributed by atoms with E-state index in [1.54, 1.807) is 17.1 Å². The van der Waals surface area contributed by atoms with Crippen molar-refractivity contribution in [3.8, 4) is 28.5 Å². The van der Waals surface area contributed by atoms with E-state index in [0.717, 1.165) is 29.2 Å². The molecule has 5 rings (SSSR count). The van der Waals surface area contributed by atoms with Gasteiger partial charge in [-0.3, -0.25) is 9.78 Å². The summed E-state index contributed by atoms with van der Waals surface area (Å²) in [6, 6.07) is 11.2. The minimum absolute atomic E-state index is 0.247. The molecule has 0 radical (unpaired) electrons. The van der Waals surface area contributed by atoms with Gasteiger partial charge < -0.3 is 15.2 Å². The molecule has 2 unspecified atom stereocenters. The second-order valence-corrected chi connectivity index (χ2v) is 9.15. The SMILES string of the molecule is Cc1nc(-c2nnn(C)c2CNc2nccc(-c3ccccn3)n2)ccc1OCC1CCC(C(=O)O)C1. The van der Waals surface area contributed by atoms with E-state index in [9.17, 15) is 9.90 Å². The maximum atomic E-state index is 11.2. The van der Waals surface area contributed by atoms with Crippen LogP contribution in [0.1, 0.15) is 30.7 Å². The Morgan fingerprint density at radius 3 is 2.73 bits per heavy atom. The highest BCUT2D eigenvalue weighted by Gasteiger charge is 2.30. The predicted octanol–water partition coefficient (Wildman–Crippen LogP) is 3.53. The fourth-order valence-corrected chi connectivity index (χ4v) is 4.53. The molecule has 0 saturated heterocycles. The predicted molar refractivity (Wildman–Crippen MR) is 136 cm³/mol. The van der Waals surface area contributed by atoms with Crippen molar-refractivity contribution in [2.75, 3.05) is 11.9 Å². The van der Waals surface area contributed by atoms with E-state index in [1.807, 2.05) is 50.4 Å². The van der Waals surface area contributed by atoms with Crippen LogP contribution in [0.4, 0.5) is 5.95 Å². The van der Waals surface area contributed by atoms with Gasteiger partial charge in [0, 0.05) is 19.4 Å². The Morgan fingerprint density at radius 2 is 1.97 bits per heavy atom. The summed E-state index contributed by atoms with van der Waals surface area (Å²) >= 11 is 0. The number of hydrogen-bond acceptors (Lipinski definition) is 9. The number of nitrogens with one attached hydrogen (secondary N) is 1. The van der Waals surface area contributed by atoms with Crippen molar-refractivity contribution in [2.45, 2.75) is 32.7 Å². The Bertz CT molecular complexity index is 1390.